The number of aryl methyl sites for hydroxylation is 1. The van der Waals surface area contributed by atoms with Crippen LogP contribution in [0.1, 0.15) is 33.5 Å². The number of aliphatic hydroxyl groups is 1. The fraction of sp³-hybridized carbons (Fsp3) is 0.318. The van der Waals surface area contributed by atoms with E-state index in [1.54, 1.807) is 31.2 Å². The van der Waals surface area contributed by atoms with Gasteiger partial charge in [0.05, 0.1) is 30.1 Å². The van der Waals surface area contributed by atoms with Gasteiger partial charge in [0.15, 0.2) is 5.13 Å². The van der Waals surface area contributed by atoms with Crippen molar-refractivity contribution in [2.24, 2.45) is 0 Å². The molecule has 0 unspecified atom stereocenters. The first kappa shape index (κ1) is 23.9. The van der Waals surface area contributed by atoms with Gasteiger partial charge in [-0.05, 0) is 37.6 Å². The number of urea groups is 1. The van der Waals surface area contributed by atoms with Crippen LogP contribution in [-0.2, 0) is 13.0 Å². The first-order chi connectivity index (χ1) is 16.3. The third-order valence-electron chi connectivity index (χ3n) is 5.16. The molecule has 0 bridgehead atoms. The molecule has 34 heavy (non-hydrogen) atoms. The van der Waals surface area contributed by atoms with Gasteiger partial charge in [0.1, 0.15) is 5.82 Å². The van der Waals surface area contributed by atoms with E-state index in [-0.39, 0.29) is 17.8 Å². The molecule has 0 fully saturated rings. The second-order valence-electron chi connectivity index (χ2n) is 7.88. The van der Waals surface area contributed by atoms with Gasteiger partial charge in [-0.1, -0.05) is 23.5 Å². The highest BCUT2D eigenvalue weighted by Crippen LogP contribution is 2.31. The molecule has 1 aliphatic rings. The van der Waals surface area contributed by atoms with Crippen molar-refractivity contribution >= 4 is 51.5 Å². The van der Waals surface area contributed by atoms with Crippen LogP contribution in [0, 0.1) is 6.92 Å². The molecule has 4 rings (SSSR count). The lowest BCUT2D eigenvalue weighted by Gasteiger charge is -2.27. The molecule has 12 heteroatoms. The minimum atomic E-state index is -0.503. The Hall–Kier alpha value is -3.28. The third-order valence-corrected chi connectivity index (χ3v) is 6.33. The zero-order valence-electron chi connectivity index (χ0n) is 18.6. The second kappa shape index (κ2) is 10.3. The Bertz CT molecular complexity index is 1200. The highest BCUT2D eigenvalue weighted by atomic mass is 35.5. The molecular weight excluding hydrogens is 478 g/mol. The maximum absolute atomic E-state index is 12.6. The molecule has 3 aromatic rings. The van der Waals surface area contributed by atoms with Crippen molar-refractivity contribution in [1.29, 1.82) is 0 Å². The Labute approximate surface area is 205 Å². The number of hydrogen-bond acceptors (Lipinski definition) is 8. The van der Waals surface area contributed by atoms with Crippen LogP contribution in [0.15, 0.2) is 30.3 Å². The summed E-state index contributed by atoms with van der Waals surface area (Å²) >= 11 is 7.41. The summed E-state index contributed by atoms with van der Waals surface area (Å²) in [6.07, 6.45) is 0.710. The monoisotopic (exact) mass is 501 g/mol. The van der Waals surface area contributed by atoms with E-state index in [1.807, 2.05) is 13.0 Å². The fourth-order valence-corrected chi connectivity index (χ4v) is 4.75. The lowest BCUT2D eigenvalue weighted by atomic mass is 10.1. The lowest BCUT2D eigenvalue weighted by molar-refractivity contribution is 0.0923. The van der Waals surface area contributed by atoms with Crippen LogP contribution in [0.25, 0.3) is 0 Å². The van der Waals surface area contributed by atoms with E-state index in [9.17, 15) is 9.59 Å². The van der Waals surface area contributed by atoms with Crippen LogP contribution >= 0.6 is 22.9 Å². The maximum Gasteiger partial charge on any atom is 0.325 e. The number of carbonyl (C=O) groups excluding carboxylic acids is 2. The Morgan fingerprint density at radius 1 is 1.24 bits per heavy atom. The highest BCUT2D eigenvalue weighted by Gasteiger charge is 2.23. The van der Waals surface area contributed by atoms with Gasteiger partial charge in [0, 0.05) is 35.6 Å². The number of thiazole rings is 1. The molecule has 1 aromatic carbocycles. The summed E-state index contributed by atoms with van der Waals surface area (Å²) in [7, 11) is 0. The van der Waals surface area contributed by atoms with Gasteiger partial charge < -0.3 is 20.6 Å². The average molecular weight is 502 g/mol. The van der Waals surface area contributed by atoms with Gasteiger partial charge in [0.25, 0.3) is 5.91 Å². The van der Waals surface area contributed by atoms with E-state index in [1.165, 1.54) is 11.3 Å². The zero-order chi connectivity index (χ0) is 24.2. The van der Waals surface area contributed by atoms with Crippen molar-refractivity contribution in [3.05, 3.63) is 57.4 Å². The summed E-state index contributed by atoms with van der Waals surface area (Å²) < 4.78 is 0. The summed E-state index contributed by atoms with van der Waals surface area (Å²) in [6, 6.07) is 7.65. The number of nitrogens with one attached hydrogen (secondary N) is 3. The molecule has 0 spiro atoms. The van der Waals surface area contributed by atoms with E-state index >= 15 is 0 Å². The number of nitrogens with zero attached hydrogens (tertiary/aromatic N) is 4. The predicted molar refractivity (Wildman–Crippen MR) is 132 cm³/mol. The van der Waals surface area contributed by atoms with Gasteiger partial charge in [-0.15, -0.1) is 0 Å². The van der Waals surface area contributed by atoms with Gasteiger partial charge in [-0.2, -0.15) is 0 Å². The van der Waals surface area contributed by atoms with Gasteiger partial charge in [0.2, 0.25) is 5.28 Å². The molecule has 1 aliphatic heterocycles. The number of aliphatic hydroxyl groups excluding tert-OH is 1. The summed E-state index contributed by atoms with van der Waals surface area (Å²) in [4.78, 5) is 41.2. The van der Waals surface area contributed by atoms with E-state index < -0.39 is 12.1 Å². The Kier molecular flexibility index (Phi) is 7.25. The van der Waals surface area contributed by atoms with Crippen LogP contribution in [0.3, 0.4) is 0 Å². The molecular formula is C22H24ClN7O3S. The molecule has 0 saturated heterocycles. The third kappa shape index (κ3) is 5.61. The van der Waals surface area contributed by atoms with Crippen molar-refractivity contribution in [3.63, 3.8) is 0 Å². The number of carbonyl (C=O) groups is 2. The van der Waals surface area contributed by atoms with Crippen LogP contribution in [0.5, 0.6) is 0 Å². The van der Waals surface area contributed by atoms with Crippen LogP contribution in [-0.4, -0.2) is 51.2 Å². The largest absolute Gasteiger partial charge is 0.394 e. The van der Waals surface area contributed by atoms with Crippen LogP contribution in [0.2, 0.25) is 5.28 Å². The number of halogens is 1. The normalized spacial score (nSPS) is 13.7. The van der Waals surface area contributed by atoms with Crippen molar-refractivity contribution in [1.82, 2.24) is 20.3 Å². The molecule has 0 radical (unpaired) electrons. The molecule has 4 N–H and O–H groups in total. The van der Waals surface area contributed by atoms with E-state index in [0.29, 0.717) is 29.3 Å². The quantitative estimate of drug-likeness (QED) is 0.381. The van der Waals surface area contributed by atoms with Crippen molar-refractivity contribution in [3.8, 4) is 0 Å². The molecule has 1 atom stereocenters. The molecule has 0 saturated carbocycles. The number of benzene rings is 1. The summed E-state index contributed by atoms with van der Waals surface area (Å²) in [5, 5.41) is 18.0. The Balaban J connectivity index is 1.42. The summed E-state index contributed by atoms with van der Waals surface area (Å²) in [5.41, 5.74) is 2.38. The summed E-state index contributed by atoms with van der Waals surface area (Å²) in [6.45, 7) is 4.71. The smallest absolute Gasteiger partial charge is 0.325 e. The number of hydrogen-bond donors (Lipinski definition) is 4. The minimum absolute atomic E-state index is 0.183. The Morgan fingerprint density at radius 2 is 2.03 bits per heavy atom. The molecule has 3 amide bonds. The highest BCUT2D eigenvalue weighted by molar-refractivity contribution is 7.15. The average Bonchev–Trinajstić information content (AvgIpc) is 3.19. The fourth-order valence-electron chi connectivity index (χ4n) is 3.51. The molecule has 0 aliphatic carbocycles. The van der Waals surface area contributed by atoms with Crippen LogP contribution < -0.4 is 20.9 Å². The SMILES string of the molecule is Cc1cc(N2CCc3nc(NC(=O)Nc4ccccc4C(=O)N[C@H](C)CO)sc3C2)nc(Cl)n1. The Morgan fingerprint density at radius 3 is 2.79 bits per heavy atom. The maximum atomic E-state index is 12.6. The number of aromatic nitrogens is 3. The minimum Gasteiger partial charge on any atom is -0.394 e. The van der Waals surface area contributed by atoms with E-state index in [4.69, 9.17) is 16.7 Å². The number of amides is 3. The topological polar surface area (TPSA) is 132 Å². The van der Waals surface area contributed by atoms with Gasteiger partial charge >= 0.3 is 6.03 Å². The zero-order valence-corrected chi connectivity index (χ0v) is 20.2. The number of para-hydroxylation sites is 1. The van der Waals surface area contributed by atoms with Crippen molar-refractivity contribution in [2.75, 3.05) is 28.7 Å². The first-order valence-electron chi connectivity index (χ1n) is 10.7. The first-order valence-corrected chi connectivity index (χ1v) is 11.8. The summed E-state index contributed by atoms with van der Waals surface area (Å²) in [5.74, 6) is 0.372. The van der Waals surface area contributed by atoms with E-state index in [2.05, 4.69) is 35.8 Å². The second-order valence-corrected chi connectivity index (χ2v) is 9.30. The van der Waals surface area contributed by atoms with Crippen LogP contribution in [0.4, 0.5) is 21.4 Å². The van der Waals surface area contributed by atoms with E-state index in [0.717, 1.165) is 28.6 Å². The molecule has 178 valence electrons. The predicted octanol–water partition coefficient (Wildman–Crippen LogP) is 3.21. The molecule has 2 aromatic heterocycles. The number of fused-ring (bicyclic) bond motifs is 1. The number of anilines is 3. The van der Waals surface area contributed by atoms with Crippen molar-refractivity contribution < 1.29 is 14.7 Å². The lowest BCUT2D eigenvalue weighted by Crippen LogP contribution is -2.35. The number of rotatable bonds is 6. The molecule has 10 nitrogen and oxygen atoms in total. The van der Waals surface area contributed by atoms with Crippen molar-refractivity contribution in [2.45, 2.75) is 32.9 Å². The molecule has 3 heterocycles. The van der Waals surface area contributed by atoms with Gasteiger partial charge in [-0.25, -0.2) is 19.7 Å². The van der Waals surface area contributed by atoms with Gasteiger partial charge in [-0.3, -0.25) is 10.1 Å². The standard InChI is InChI=1S/C22H24ClN7O3S/c1-12-9-18(28-20(23)25-12)30-8-7-16-17(10-30)34-22(27-16)29-21(33)26-15-6-4-3-5-14(15)19(32)24-13(2)11-31/h3-6,9,13,31H,7-8,10-11H2,1-2H3,(H,24,32)(H2,26,27,29,33)/t13-/m1/s1.